The number of halogens is 3. The molecule has 9 heteroatoms. The maximum Gasteiger partial charge on any atom is 0.306 e. The van der Waals surface area contributed by atoms with Crippen molar-refractivity contribution in [3.63, 3.8) is 0 Å². The van der Waals surface area contributed by atoms with Gasteiger partial charge in [-0.3, -0.25) is 14.2 Å². The van der Waals surface area contributed by atoms with Crippen LogP contribution in [0.1, 0.15) is 46.1 Å². The summed E-state index contributed by atoms with van der Waals surface area (Å²) < 4.78 is 42.0. The minimum absolute atomic E-state index is 0.000326. The standard InChI is InChI=1S/C25H25ClF2N2O4/c1-25(2,3)34-19(31)10-13-8-14(9-13)30-12-29-23-15(24(30)32)11-16(26)20(22(23)28)21-17(27)6-5-7-18(21)33-4/h5-7,11-14H,8-10H2,1-4H3. The molecule has 0 aliphatic heterocycles. The van der Waals surface area contributed by atoms with E-state index in [2.05, 4.69) is 4.98 Å². The fourth-order valence-electron chi connectivity index (χ4n) is 4.33. The van der Waals surface area contributed by atoms with Crippen LogP contribution in [-0.2, 0) is 9.53 Å². The molecule has 34 heavy (non-hydrogen) atoms. The van der Waals surface area contributed by atoms with E-state index < -0.39 is 22.8 Å². The maximum absolute atomic E-state index is 15.5. The Morgan fingerprint density at radius 1 is 1.24 bits per heavy atom. The number of benzene rings is 2. The van der Waals surface area contributed by atoms with E-state index in [1.165, 1.54) is 42.3 Å². The van der Waals surface area contributed by atoms with Crippen molar-refractivity contribution in [3.05, 3.63) is 57.6 Å². The van der Waals surface area contributed by atoms with E-state index in [9.17, 15) is 14.0 Å². The lowest BCUT2D eigenvalue weighted by Gasteiger charge is -2.36. The lowest BCUT2D eigenvalue weighted by Crippen LogP contribution is -2.36. The second-order valence-corrected chi connectivity index (χ2v) is 9.91. The smallest absolute Gasteiger partial charge is 0.306 e. The molecule has 0 atom stereocenters. The second kappa shape index (κ2) is 8.98. The van der Waals surface area contributed by atoms with Gasteiger partial charge in [0.2, 0.25) is 0 Å². The molecule has 3 aromatic rings. The van der Waals surface area contributed by atoms with Gasteiger partial charge >= 0.3 is 5.97 Å². The molecule has 0 spiro atoms. The first-order chi connectivity index (χ1) is 16.0. The number of hydrogen-bond acceptors (Lipinski definition) is 5. The number of nitrogens with zero attached hydrogens (tertiary/aromatic N) is 2. The third-order valence-electron chi connectivity index (χ3n) is 5.89. The summed E-state index contributed by atoms with van der Waals surface area (Å²) in [5.74, 6) is -1.67. The first-order valence-electron chi connectivity index (χ1n) is 10.9. The van der Waals surface area contributed by atoms with Gasteiger partial charge in [0.25, 0.3) is 5.56 Å². The molecule has 1 aliphatic carbocycles. The molecule has 1 heterocycles. The Balaban J connectivity index is 1.64. The first-order valence-corrected chi connectivity index (χ1v) is 11.3. The summed E-state index contributed by atoms with van der Waals surface area (Å²) in [7, 11) is 1.34. The van der Waals surface area contributed by atoms with Gasteiger partial charge in [0.05, 0.1) is 29.4 Å². The summed E-state index contributed by atoms with van der Waals surface area (Å²) in [6.07, 6.45) is 2.77. The fraction of sp³-hybridized carbons (Fsp3) is 0.400. The zero-order chi connectivity index (χ0) is 24.8. The Labute approximate surface area is 200 Å². The molecule has 0 N–H and O–H groups in total. The van der Waals surface area contributed by atoms with Gasteiger partial charge in [-0.2, -0.15) is 0 Å². The molecule has 1 aliphatic rings. The number of carbonyl (C=O) groups excluding carboxylic acids is 1. The Morgan fingerprint density at radius 2 is 1.94 bits per heavy atom. The average molecular weight is 491 g/mol. The van der Waals surface area contributed by atoms with Crippen LogP contribution in [0.15, 0.2) is 35.4 Å². The van der Waals surface area contributed by atoms with Gasteiger partial charge in [-0.25, -0.2) is 13.8 Å². The van der Waals surface area contributed by atoms with Gasteiger partial charge in [0, 0.05) is 18.0 Å². The summed E-state index contributed by atoms with van der Waals surface area (Å²) in [4.78, 5) is 29.3. The Kier molecular flexibility index (Phi) is 6.38. The predicted molar refractivity (Wildman–Crippen MR) is 125 cm³/mol. The molecular formula is C25H25ClF2N2O4. The fourth-order valence-corrected chi connectivity index (χ4v) is 4.62. The van der Waals surface area contributed by atoms with Gasteiger partial charge in [0.15, 0.2) is 5.82 Å². The average Bonchev–Trinajstić information content (AvgIpc) is 2.71. The van der Waals surface area contributed by atoms with Gasteiger partial charge in [0.1, 0.15) is 22.7 Å². The lowest BCUT2D eigenvalue weighted by molar-refractivity contribution is -0.157. The van der Waals surface area contributed by atoms with Crippen molar-refractivity contribution in [2.24, 2.45) is 5.92 Å². The zero-order valence-corrected chi connectivity index (χ0v) is 20.1. The molecule has 0 radical (unpaired) electrons. The van der Waals surface area contributed by atoms with E-state index in [4.69, 9.17) is 21.1 Å². The second-order valence-electron chi connectivity index (χ2n) is 9.50. The van der Waals surface area contributed by atoms with Crippen molar-refractivity contribution in [1.29, 1.82) is 0 Å². The molecule has 0 saturated heterocycles. The van der Waals surface area contributed by atoms with E-state index in [0.717, 1.165) is 0 Å². The van der Waals surface area contributed by atoms with Gasteiger partial charge in [-0.15, -0.1) is 0 Å². The quantitative estimate of drug-likeness (QED) is 0.430. The van der Waals surface area contributed by atoms with E-state index in [0.29, 0.717) is 12.8 Å². The highest BCUT2D eigenvalue weighted by Crippen LogP contribution is 2.42. The molecule has 0 bridgehead atoms. The van der Waals surface area contributed by atoms with Crippen LogP contribution in [0.2, 0.25) is 5.02 Å². The minimum atomic E-state index is -0.897. The Hall–Kier alpha value is -3.00. The van der Waals surface area contributed by atoms with Crippen molar-refractivity contribution in [3.8, 4) is 16.9 Å². The SMILES string of the molecule is COc1cccc(F)c1-c1c(Cl)cc2c(=O)n(C3CC(CC(=O)OC(C)(C)C)C3)cnc2c1F. The molecule has 180 valence electrons. The van der Waals surface area contributed by atoms with Crippen molar-refractivity contribution >= 4 is 28.5 Å². The van der Waals surface area contributed by atoms with Crippen molar-refractivity contribution in [2.45, 2.75) is 51.7 Å². The van der Waals surface area contributed by atoms with Gasteiger partial charge in [-0.05, 0) is 57.7 Å². The summed E-state index contributed by atoms with van der Waals surface area (Å²) in [6.45, 7) is 5.44. The number of esters is 1. The Morgan fingerprint density at radius 3 is 2.59 bits per heavy atom. The van der Waals surface area contributed by atoms with Crippen LogP contribution in [0.4, 0.5) is 8.78 Å². The summed E-state index contributed by atoms with van der Waals surface area (Å²) in [5.41, 5.74) is -1.54. The largest absolute Gasteiger partial charge is 0.496 e. The van der Waals surface area contributed by atoms with E-state index in [1.54, 1.807) is 0 Å². The zero-order valence-electron chi connectivity index (χ0n) is 19.3. The number of rotatable bonds is 5. The first kappa shape index (κ1) is 24.1. The van der Waals surface area contributed by atoms with Crippen LogP contribution in [0.25, 0.3) is 22.0 Å². The van der Waals surface area contributed by atoms with Crippen LogP contribution >= 0.6 is 11.6 Å². The van der Waals surface area contributed by atoms with Crippen LogP contribution in [-0.4, -0.2) is 28.2 Å². The minimum Gasteiger partial charge on any atom is -0.496 e. The number of hydrogen-bond donors (Lipinski definition) is 0. The molecule has 2 aromatic carbocycles. The Bertz CT molecular complexity index is 1330. The predicted octanol–water partition coefficient (Wildman–Crippen LogP) is 5.69. The topological polar surface area (TPSA) is 70.4 Å². The number of methoxy groups -OCH3 is 1. The van der Waals surface area contributed by atoms with E-state index in [-0.39, 0.29) is 57.2 Å². The van der Waals surface area contributed by atoms with Crippen LogP contribution in [0, 0.1) is 17.6 Å². The normalized spacial score (nSPS) is 18.0. The highest BCUT2D eigenvalue weighted by atomic mass is 35.5. The summed E-state index contributed by atoms with van der Waals surface area (Å²) in [6, 6.07) is 5.26. The molecule has 1 aromatic heterocycles. The van der Waals surface area contributed by atoms with Crippen molar-refractivity contribution in [2.75, 3.05) is 7.11 Å². The third kappa shape index (κ3) is 4.51. The maximum atomic E-state index is 15.5. The van der Waals surface area contributed by atoms with E-state index >= 15 is 4.39 Å². The molecule has 1 saturated carbocycles. The van der Waals surface area contributed by atoms with Crippen LogP contribution in [0.5, 0.6) is 5.75 Å². The molecule has 0 amide bonds. The van der Waals surface area contributed by atoms with E-state index in [1.807, 2.05) is 20.8 Å². The summed E-state index contributed by atoms with van der Waals surface area (Å²) in [5, 5.41) is -0.124. The van der Waals surface area contributed by atoms with Crippen LogP contribution in [0.3, 0.4) is 0 Å². The number of ether oxygens (including phenoxy) is 2. The third-order valence-corrected chi connectivity index (χ3v) is 6.19. The number of fused-ring (bicyclic) bond motifs is 1. The lowest BCUT2D eigenvalue weighted by atomic mass is 9.78. The molecule has 4 rings (SSSR count). The van der Waals surface area contributed by atoms with Crippen LogP contribution < -0.4 is 10.3 Å². The molecular weight excluding hydrogens is 466 g/mol. The van der Waals surface area contributed by atoms with Crippen molar-refractivity contribution < 1.29 is 23.0 Å². The van der Waals surface area contributed by atoms with Crippen molar-refractivity contribution in [1.82, 2.24) is 9.55 Å². The molecule has 0 unspecified atom stereocenters. The molecule has 6 nitrogen and oxygen atoms in total. The molecule has 1 fully saturated rings. The monoisotopic (exact) mass is 490 g/mol. The summed E-state index contributed by atoms with van der Waals surface area (Å²) >= 11 is 6.34. The van der Waals surface area contributed by atoms with Gasteiger partial charge in [-0.1, -0.05) is 17.7 Å². The number of carbonyl (C=O) groups is 1. The highest BCUT2D eigenvalue weighted by molar-refractivity contribution is 6.34. The van der Waals surface area contributed by atoms with Gasteiger partial charge < -0.3 is 9.47 Å². The highest BCUT2D eigenvalue weighted by Gasteiger charge is 2.34. The number of aromatic nitrogens is 2.